The van der Waals surface area contributed by atoms with Crippen LogP contribution in [-0.2, 0) is 0 Å². The van der Waals surface area contributed by atoms with Gasteiger partial charge in [0.2, 0.25) is 0 Å². The van der Waals surface area contributed by atoms with E-state index in [4.69, 9.17) is 0 Å². The second kappa shape index (κ2) is 3.50. The largest absolute Gasteiger partial charge is 0.398 e. The van der Waals surface area contributed by atoms with Crippen molar-refractivity contribution in [1.82, 2.24) is 4.48 Å². The minimum Gasteiger partial charge on any atom is -0.398 e. The molecule has 0 amide bonds. The minimum atomic E-state index is 0.704. The summed E-state index contributed by atoms with van der Waals surface area (Å²) in [6.45, 7) is 5.16. The second-order valence-corrected chi connectivity index (χ2v) is 2.60. The van der Waals surface area contributed by atoms with Gasteiger partial charge in [-0.1, -0.05) is 26.5 Å². The number of hydrogen-bond acceptors (Lipinski definition) is 0. The molecule has 0 aliphatic carbocycles. The van der Waals surface area contributed by atoms with Gasteiger partial charge in [0.1, 0.15) is 0 Å². The third-order valence-electron chi connectivity index (χ3n) is 1.99. The minimum absolute atomic E-state index is 0.704. The van der Waals surface area contributed by atoms with Crippen molar-refractivity contribution in [3.05, 3.63) is 24.5 Å². The average Bonchev–Trinajstić information content (AvgIpc) is 2.43. The second-order valence-electron chi connectivity index (χ2n) is 2.60. The zero-order valence-corrected chi connectivity index (χ0v) is 6.75. The van der Waals surface area contributed by atoms with Gasteiger partial charge < -0.3 is 4.48 Å². The molecule has 10 heavy (non-hydrogen) atoms. The van der Waals surface area contributed by atoms with Crippen LogP contribution in [0.15, 0.2) is 24.5 Å². The predicted octanol–water partition coefficient (Wildman–Crippen LogP) is 2.37. The molecule has 1 aromatic rings. The smallest absolute Gasteiger partial charge is 0.258 e. The first-order valence-corrected chi connectivity index (χ1v) is 4.01. The molecule has 0 atom stereocenters. The fourth-order valence-corrected chi connectivity index (χ4v) is 1.30. The van der Waals surface area contributed by atoms with Crippen LogP contribution in [0.1, 0.15) is 13.8 Å². The Morgan fingerprint density at radius 2 is 1.60 bits per heavy atom. The maximum Gasteiger partial charge on any atom is 0.258 e. The highest BCUT2D eigenvalue weighted by Crippen LogP contribution is 2.02. The van der Waals surface area contributed by atoms with Crippen LogP contribution in [0.25, 0.3) is 0 Å². The lowest BCUT2D eigenvalue weighted by Gasteiger charge is -2.08. The predicted molar refractivity (Wildman–Crippen MR) is 46.5 cm³/mol. The van der Waals surface area contributed by atoms with E-state index >= 15 is 0 Å². The van der Waals surface area contributed by atoms with Gasteiger partial charge in [-0.2, -0.15) is 0 Å². The van der Waals surface area contributed by atoms with Crippen LogP contribution in [0.2, 0.25) is 12.6 Å². The lowest BCUT2D eigenvalue weighted by Crippen LogP contribution is -2.19. The van der Waals surface area contributed by atoms with Gasteiger partial charge in [-0.15, -0.1) is 0 Å². The molecule has 1 heterocycles. The van der Waals surface area contributed by atoms with E-state index in [1.165, 1.54) is 12.6 Å². The first kappa shape index (κ1) is 7.45. The third-order valence-corrected chi connectivity index (χ3v) is 1.99. The van der Waals surface area contributed by atoms with Gasteiger partial charge in [-0.25, -0.2) is 0 Å². The van der Waals surface area contributed by atoms with Crippen molar-refractivity contribution in [2.45, 2.75) is 26.5 Å². The molecule has 0 aliphatic rings. The first-order valence-electron chi connectivity index (χ1n) is 4.01. The molecule has 0 radical (unpaired) electrons. The molecule has 54 valence electrons. The van der Waals surface area contributed by atoms with Crippen LogP contribution in [0.5, 0.6) is 0 Å². The average molecular weight is 135 g/mol. The van der Waals surface area contributed by atoms with Crippen molar-refractivity contribution >= 4 is 6.85 Å². The first-order chi connectivity index (χ1) is 4.88. The van der Waals surface area contributed by atoms with Crippen molar-refractivity contribution in [2.24, 2.45) is 0 Å². The zero-order chi connectivity index (χ0) is 7.40. The van der Waals surface area contributed by atoms with Gasteiger partial charge >= 0.3 is 0 Å². The molecule has 0 unspecified atom stereocenters. The number of aromatic nitrogens is 1. The number of nitrogens with zero attached hydrogens (tertiary/aromatic N) is 1. The molecule has 0 saturated carbocycles. The monoisotopic (exact) mass is 135 g/mol. The number of hydrogen-bond donors (Lipinski definition) is 0. The summed E-state index contributed by atoms with van der Waals surface area (Å²) in [6.07, 6.45) is 6.73. The number of rotatable bonds is 3. The van der Waals surface area contributed by atoms with E-state index in [1.807, 2.05) is 0 Å². The lowest BCUT2D eigenvalue weighted by atomic mass is 9.57. The van der Waals surface area contributed by atoms with Crippen LogP contribution >= 0.6 is 0 Å². The summed E-state index contributed by atoms with van der Waals surface area (Å²) in [4.78, 5) is 0. The molecule has 0 bridgehead atoms. The maximum absolute atomic E-state index is 2.28. The molecule has 2 heteroatoms. The maximum atomic E-state index is 2.28. The summed E-state index contributed by atoms with van der Waals surface area (Å²) in [7, 11) is 0. The summed E-state index contributed by atoms with van der Waals surface area (Å²) in [5.41, 5.74) is 0. The molecule has 1 nitrogen and oxygen atoms in total. The topological polar surface area (TPSA) is 4.93 Å². The Bertz CT molecular complexity index is 165. The van der Waals surface area contributed by atoms with Crippen LogP contribution in [0, 0.1) is 0 Å². The SMILES string of the molecule is CCB(CC)n1cccc1. The summed E-state index contributed by atoms with van der Waals surface area (Å²) in [5.74, 6) is 0. The zero-order valence-electron chi connectivity index (χ0n) is 6.75. The Morgan fingerprint density at radius 3 is 2.00 bits per heavy atom. The van der Waals surface area contributed by atoms with E-state index in [-0.39, 0.29) is 0 Å². The van der Waals surface area contributed by atoms with E-state index in [1.54, 1.807) is 0 Å². The Morgan fingerprint density at radius 1 is 1.10 bits per heavy atom. The quantitative estimate of drug-likeness (QED) is 0.560. The molecule has 0 saturated heterocycles. The van der Waals surface area contributed by atoms with Crippen molar-refractivity contribution in [2.75, 3.05) is 0 Å². The Hall–Kier alpha value is -0.655. The van der Waals surface area contributed by atoms with Crippen LogP contribution in [0.4, 0.5) is 0 Å². The third kappa shape index (κ3) is 1.44. The summed E-state index contributed by atoms with van der Waals surface area (Å²) in [5, 5.41) is 0. The van der Waals surface area contributed by atoms with E-state index < -0.39 is 0 Å². The molecule has 1 aromatic heterocycles. The van der Waals surface area contributed by atoms with Gasteiger partial charge in [0.05, 0.1) is 0 Å². The fourth-order valence-electron chi connectivity index (χ4n) is 1.30. The molecule has 1 rings (SSSR count). The van der Waals surface area contributed by atoms with E-state index in [9.17, 15) is 0 Å². The van der Waals surface area contributed by atoms with E-state index in [2.05, 4.69) is 42.9 Å². The molecule has 0 fully saturated rings. The molecule has 0 aromatic carbocycles. The Balaban J connectivity index is 2.64. The normalized spacial score (nSPS) is 9.80. The van der Waals surface area contributed by atoms with Crippen molar-refractivity contribution in [3.8, 4) is 0 Å². The highest BCUT2D eigenvalue weighted by molar-refractivity contribution is 6.56. The van der Waals surface area contributed by atoms with Gasteiger partial charge in [0.15, 0.2) is 0 Å². The summed E-state index contributed by atoms with van der Waals surface area (Å²) >= 11 is 0. The Labute approximate surface area is 63.2 Å². The van der Waals surface area contributed by atoms with E-state index in [0.717, 1.165) is 0 Å². The molecule has 0 aliphatic heterocycles. The molecule has 0 spiro atoms. The van der Waals surface area contributed by atoms with Crippen LogP contribution in [0.3, 0.4) is 0 Å². The Kier molecular flexibility index (Phi) is 2.61. The van der Waals surface area contributed by atoms with Gasteiger partial charge in [-0.3, -0.25) is 0 Å². The van der Waals surface area contributed by atoms with Crippen LogP contribution in [-0.4, -0.2) is 11.3 Å². The van der Waals surface area contributed by atoms with Crippen molar-refractivity contribution < 1.29 is 0 Å². The lowest BCUT2D eigenvalue weighted by molar-refractivity contribution is 1.11. The van der Waals surface area contributed by atoms with Crippen LogP contribution < -0.4 is 0 Å². The molecular formula is C8H14BN. The fraction of sp³-hybridized carbons (Fsp3) is 0.500. The van der Waals surface area contributed by atoms with Crippen molar-refractivity contribution in [1.29, 1.82) is 0 Å². The van der Waals surface area contributed by atoms with Crippen molar-refractivity contribution in [3.63, 3.8) is 0 Å². The summed E-state index contributed by atoms with van der Waals surface area (Å²) < 4.78 is 2.28. The standard InChI is InChI=1S/C8H14BN/c1-3-9(4-2)10-7-5-6-8-10/h5-8H,3-4H2,1-2H3. The molecular weight excluding hydrogens is 121 g/mol. The van der Waals surface area contributed by atoms with E-state index in [0.29, 0.717) is 6.85 Å². The summed E-state index contributed by atoms with van der Waals surface area (Å²) in [6, 6.07) is 4.16. The van der Waals surface area contributed by atoms with Gasteiger partial charge in [0, 0.05) is 0 Å². The highest BCUT2D eigenvalue weighted by Gasteiger charge is 2.08. The molecule has 0 N–H and O–H groups in total. The van der Waals surface area contributed by atoms with Gasteiger partial charge in [-0.05, 0) is 24.5 Å². The highest BCUT2D eigenvalue weighted by atomic mass is 14.9. The van der Waals surface area contributed by atoms with Gasteiger partial charge in [0.25, 0.3) is 6.85 Å².